The molecule has 0 unspecified atom stereocenters. The predicted octanol–water partition coefficient (Wildman–Crippen LogP) is 5.06. The Labute approximate surface area is 148 Å². The van der Waals surface area contributed by atoms with Crippen LogP contribution in [-0.4, -0.2) is 10.9 Å². The topological polar surface area (TPSA) is 42.0 Å². The number of carbonyl (C=O) groups is 1. The number of nitrogens with zero attached hydrogens (tertiary/aromatic N) is 1. The van der Waals surface area contributed by atoms with Gasteiger partial charge >= 0.3 is 0 Å². The molecular formula is C18H17FN2OS2. The molecule has 0 atom stereocenters. The lowest BCUT2D eigenvalue weighted by molar-refractivity contribution is 0.0954. The third kappa shape index (κ3) is 3.88. The lowest BCUT2D eigenvalue weighted by Gasteiger charge is -2.01. The van der Waals surface area contributed by atoms with Gasteiger partial charge in [-0.2, -0.15) is 0 Å². The van der Waals surface area contributed by atoms with Gasteiger partial charge in [-0.3, -0.25) is 4.79 Å². The van der Waals surface area contributed by atoms with E-state index in [-0.39, 0.29) is 11.7 Å². The maximum Gasteiger partial charge on any atom is 0.261 e. The zero-order valence-corrected chi connectivity index (χ0v) is 15.0. The second kappa shape index (κ2) is 7.23. The van der Waals surface area contributed by atoms with Crippen LogP contribution in [0.5, 0.6) is 0 Å². The summed E-state index contributed by atoms with van der Waals surface area (Å²) in [6.45, 7) is 4.62. The third-order valence-corrected chi connectivity index (χ3v) is 5.78. The number of thiophene rings is 1. The first-order chi connectivity index (χ1) is 11.5. The monoisotopic (exact) mass is 360 g/mol. The van der Waals surface area contributed by atoms with E-state index in [1.54, 1.807) is 29.5 Å². The van der Waals surface area contributed by atoms with E-state index in [0.29, 0.717) is 17.3 Å². The van der Waals surface area contributed by atoms with Crippen LogP contribution in [0.1, 0.15) is 40.1 Å². The number of hydrogen-bond acceptors (Lipinski definition) is 4. The van der Waals surface area contributed by atoms with Crippen molar-refractivity contribution in [3.8, 4) is 10.4 Å². The van der Waals surface area contributed by atoms with Gasteiger partial charge in [0, 0.05) is 16.2 Å². The molecule has 124 valence electrons. The lowest BCUT2D eigenvalue weighted by Crippen LogP contribution is -2.21. The van der Waals surface area contributed by atoms with E-state index in [9.17, 15) is 9.18 Å². The second-order valence-electron chi connectivity index (χ2n) is 5.69. The molecule has 1 amide bonds. The van der Waals surface area contributed by atoms with Crippen molar-refractivity contribution in [1.82, 2.24) is 10.3 Å². The van der Waals surface area contributed by atoms with Crippen molar-refractivity contribution in [3.05, 3.63) is 63.2 Å². The van der Waals surface area contributed by atoms with E-state index in [4.69, 9.17) is 0 Å². The predicted molar refractivity (Wildman–Crippen MR) is 97.1 cm³/mol. The summed E-state index contributed by atoms with van der Waals surface area (Å²) in [6.07, 6.45) is 0. The summed E-state index contributed by atoms with van der Waals surface area (Å²) >= 11 is 3.01. The van der Waals surface area contributed by atoms with E-state index in [1.165, 1.54) is 23.5 Å². The van der Waals surface area contributed by atoms with E-state index in [2.05, 4.69) is 24.1 Å². The minimum atomic E-state index is -0.266. The number of amides is 1. The molecule has 0 radical (unpaired) electrons. The van der Waals surface area contributed by atoms with Gasteiger partial charge in [0.15, 0.2) is 0 Å². The number of thiazole rings is 1. The summed E-state index contributed by atoms with van der Waals surface area (Å²) in [5.74, 6) is 0.0137. The minimum absolute atomic E-state index is 0.118. The van der Waals surface area contributed by atoms with Gasteiger partial charge in [-0.05, 0) is 29.8 Å². The molecular weight excluding hydrogens is 343 g/mol. The number of carbonyl (C=O) groups excluding carboxylic acids is 1. The van der Waals surface area contributed by atoms with Crippen LogP contribution in [0.2, 0.25) is 0 Å². The Morgan fingerprint density at radius 1 is 1.21 bits per heavy atom. The van der Waals surface area contributed by atoms with Crippen molar-refractivity contribution in [2.75, 3.05) is 0 Å². The molecule has 0 aliphatic rings. The number of nitrogens with one attached hydrogen (secondary N) is 1. The Hall–Kier alpha value is -2.05. The summed E-state index contributed by atoms with van der Waals surface area (Å²) in [7, 11) is 0. The van der Waals surface area contributed by atoms with Gasteiger partial charge in [-0.15, -0.1) is 22.7 Å². The molecule has 3 rings (SSSR count). The fraction of sp³-hybridized carbons (Fsp3) is 0.222. The maximum absolute atomic E-state index is 13.0. The Bertz CT molecular complexity index is 837. The highest BCUT2D eigenvalue weighted by Gasteiger charge is 2.12. The van der Waals surface area contributed by atoms with Crippen molar-refractivity contribution in [1.29, 1.82) is 0 Å². The molecule has 0 bridgehead atoms. The number of rotatable bonds is 5. The summed E-state index contributed by atoms with van der Waals surface area (Å²) in [4.78, 5) is 18.4. The van der Waals surface area contributed by atoms with E-state index >= 15 is 0 Å². The molecule has 0 spiro atoms. The zero-order valence-electron chi connectivity index (χ0n) is 13.4. The van der Waals surface area contributed by atoms with E-state index in [0.717, 1.165) is 21.1 Å². The largest absolute Gasteiger partial charge is 0.346 e. The first-order valence-electron chi connectivity index (χ1n) is 7.61. The highest BCUT2D eigenvalue weighted by atomic mass is 32.1. The van der Waals surface area contributed by atoms with Crippen LogP contribution >= 0.6 is 22.7 Å². The van der Waals surface area contributed by atoms with Gasteiger partial charge in [0.25, 0.3) is 5.91 Å². The number of aromatic nitrogens is 1. The molecule has 0 aliphatic heterocycles. The molecule has 3 aromatic rings. The van der Waals surface area contributed by atoms with Crippen LogP contribution in [-0.2, 0) is 6.54 Å². The SMILES string of the molecule is CC(C)c1nc(CNC(=O)c2ccc(-c3ccc(F)cc3)s2)cs1. The average molecular weight is 360 g/mol. The standard InChI is InChI=1S/C18H17FN2OS2/c1-11(2)18-21-14(10-23-18)9-20-17(22)16-8-7-15(24-16)12-3-5-13(19)6-4-12/h3-8,10-11H,9H2,1-2H3,(H,20,22). The van der Waals surface area contributed by atoms with Gasteiger partial charge in [0.05, 0.1) is 22.1 Å². The Balaban J connectivity index is 1.64. The van der Waals surface area contributed by atoms with Crippen molar-refractivity contribution in [2.24, 2.45) is 0 Å². The van der Waals surface area contributed by atoms with Crippen LogP contribution < -0.4 is 5.32 Å². The van der Waals surface area contributed by atoms with Gasteiger partial charge in [-0.25, -0.2) is 9.37 Å². The molecule has 2 heterocycles. The third-order valence-electron chi connectivity index (χ3n) is 3.45. The van der Waals surface area contributed by atoms with Gasteiger partial charge in [-0.1, -0.05) is 26.0 Å². The van der Waals surface area contributed by atoms with Crippen LogP contribution in [0.15, 0.2) is 41.8 Å². The first kappa shape index (κ1) is 16.8. The van der Waals surface area contributed by atoms with Gasteiger partial charge < -0.3 is 5.32 Å². The summed E-state index contributed by atoms with van der Waals surface area (Å²) in [5.41, 5.74) is 1.79. The maximum atomic E-state index is 13.0. The summed E-state index contributed by atoms with van der Waals surface area (Å²) in [5, 5.41) is 5.95. The molecule has 1 N–H and O–H groups in total. The van der Waals surface area contributed by atoms with Gasteiger partial charge in [0.2, 0.25) is 0 Å². The van der Waals surface area contributed by atoms with E-state index < -0.39 is 0 Å². The first-order valence-corrected chi connectivity index (χ1v) is 9.31. The molecule has 24 heavy (non-hydrogen) atoms. The smallest absolute Gasteiger partial charge is 0.261 e. The van der Waals surface area contributed by atoms with Crippen LogP contribution in [0.4, 0.5) is 4.39 Å². The van der Waals surface area contributed by atoms with Crippen molar-refractivity contribution < 1.29 is 9.18 Å². The van der Waals surface area contributed by atoms with Gasteiger partial charge in [0.1, 0.15) is 5.82 Å². The van der Waals surface area contributed by atoms with Crippen molar-refractivity contribution in [3.63, 3.8) is 0 Å². The Morgan fingerprint density at radius 3 is 2.62 bits per heavy atom. The highest BCUT2D eigenvalue weighted by Crippen LogP contribution is 2.28. The number of benzene rings is 1. The molecule has 0 fully saturated rings. The highest BCUT2D eigenvalue weighted by molar-refractivity contribution is 7.17. The number of hydrogen-bond donors (Lipinski definition) is 1. The Kier molecular flexibility index (Phi) is 5.06. The summed E-state index contributed by atoms with van der Waals surface area (Å²) < 4.78 is 13.0. The quantitative estimate of drug-likeness (QED) is 0.691. The molecule has 3 nitrogen and oxygen atoms in total. The molecule has 0 aliphatic carbocycles. The molecule has 2 aromatic heterocycles. The second-order valence-corrected chi connectivity index (χ2v) is 7.66. The summed E-state index contributed by atoms with van der Waals surface area (Å²) in [6, 6.07) is 9.94. The molecule has 1 aromatic carbocycles. The van der Waals surface area contributed by atoms with Crippen LogP contribution in [0, 0.1) is 5.82 Å². The fourth-order valence-corrected chi connectivity index (χ4v) is 3.92. The van der Waals surface area contributed by atoms with E-state index in [1.807, 2.05) is 11.4 Å². The Morgan fingerprint density at radius 2 is 1.96 bits per heavy atom. The minimum Gasteiger partial charge on any atom is -0.346 e. The van der Waals surface area contributed by atoms with Crippen molar-refractivity contribution in [2.45, 2.75) is 26.3 Å². The normalized spacial score (nSPS) is 11.0. The van der Waals surface area contributed by atoms with Crippen LogP contribution in [0.3, 0.4) is 0 Å². The molecule has 0 saturated heterocycles. The zero-order chi connectivity index (χ0) is 17.1. The molecule has 6 heteroatoms. The van der Waals surface area contributed by atoms with Crippen molar-refractivity contribution >= 4 is 28.6 Å². The fourth-order valence-electron chi connectivity index (χ4n) is 2.16. The average Bonchev–Trinajstić information content (AvgIpc) is 3.23. The lowest BCUT2D eigenvalue weighted by atomic mass is 10.2. The molecule has 0 saturated carbocycles. The van der Waals surface area contributed by atoms with Crippen LogP contribution in [0.25, 0.3) is 10.4 Å². The number of halogens is 1.